The third kappa shape index (κ3) is 4.57. The van der Waals surface area contributed by atoms with E-state index in [1.807, 2.05) is 0 Å². The highest BCUT2D eigenvalue weighted by Crippen LogP contribution is 2.29. The van der Waals surface area contributed by atoms with Gasteiger partial charge in [0.15, 0.2) is 23.1 Å². The maximum absolute atomic E-state index is 14.4. The Hall–Kier alpha value is -3.06. The first kappa shape index (κ1) is 21.6. The van der Waals surface area contributed by atoms with Crippen molar-refractivity contribution >= 4 is 0 Å². The predicted molar refractivity (Wildman–Crippen MR) is 104 cm³/mol. The zero-order valence-corrected chi connectivity index (χ0v) is 16.5. The number of hydrogen-bond acceptors (Lipinski definition) is 3. The summed E-state index contributed by atoms with van der Waals surface area (Å²) in [5.41, 5.74) is 1.38. The minimum absolute atomic E-state index is 0.00166. The highest BCUT2D eigenvalue weighted by Gasteiger charge is 2.16. The average Bonchev–Trinajstić information content (AvgIpc) is 2.76. The molecule has 0 aliphatic heterocycles. The van der Waals surface area contributed by atoms with Crippen molar-refractivity contribution in [2.45, 2.75) is 20.1 Å². The van der Waals surface area contributed by atoms with Crippen LogP contribution in [0.1, 0.15) is 18.1 Å². The fourth-order valence-corrected chi connectivity index (χ4v) is 2.86. The molecule has 0 aliphatic rings. The van der Waals surface area contributed by atoms with Gasteiger partial charge in [0, 0.05) is 17.7 Å². The molecule has 158 valence electrons. The largest absolute Gasteiger partial charge is 0.494 e. The molecule has 0 fully saturated rings. The quantitative estimate of drug-likeness (QED) is 0.416. The van der Waals surface area contributed by atoms with Crippen molar-refractivity contribution in [2.24, 2.45) is 0 Å². The smallest absolute Gasteiger partial charge is 0.204 e. The Morgan fingerprint density at radius 3 is 2.03 bits per heavy atom. The van der Waals surface area contributed by atoms with Gasteiger partial charge in [-0.05, 0) is 30.2 Å². The number of ether oxygens (including phenoxy) is 3. The molecule has 3 nitrogen and oxygen atoms in total. The highest BCUT2D eigenvalue weighted by molar-refractivity contribution is 5.65. The third-order valence-corrected chi connectivity index (χ3v) is 4.51. The van der Waals surface area contributed by atoms with Crippen LogP contribution in [-0.2, 0) is 18.0 Å². The van der Waals surface area contributed by atoms with Gasteiger partial charge in [-0.15, -0.1) is 0 Å². The van der Waals surface area contributed by atoms with E-state index in [1.165, 1.54) is 31.4 Å². The lowest BCUT2D eigenvalue weighted by Crippen LogP contribution is -2.01. The van der Waals surface area contributed by atoms with Gasteiger partial charge in [0.25, 0.3) is 0 Å². The van der Waals surface area contributed by atoms with Crippen LogP contribution in [0.4, 0.5) is 17.6 Å². The van der Waals surface area contributed by atoms with Gasteiger partial charge in [0.2, 0.25) is 11.6 Å². The van der Waals surface area contributed by atoms with Crippen molar-refractivity contribution in [3.05, 3.63) is 82.9 Å². The maximum Gasteiger partial charge on any atom is 0.204 e. The first-order valence-electron chi connectivity index (χ1n) is 9.25. The van der Waals surface area contributed by atoms with Crippen LogP contribution in [0.5, 0.6) is 11.5 Å². The van der Waals surface area contributed by atoms with Crippen molar-refractivity contribution in [1.82, 2.24) is 0 Å². The minimum atomic E-state index is -1.14. The summed E-state index contributed by atoms with van der Waals surface area (Å²) in [7, 11) is 1.24. The fraction of sp³-hybridized carbons (Fsp3) is 0.217. The molecule has 30 heavy (non-hydrogen) atoms. The molecule has 0 atom stereocenters. The molecule has 0 N–H and O–H groups in total. The van der Waals surface area contributed by atoms with Crippen LogP contribution in [0.25, 0.3) is 11.1 Å². The van der Waals surface area contributed by atoms with E-state index < -0.39 is 23.3 Å². The molecule has 0 spiro atoms. The van der Waals surface area contributed by atoms with E-state index in [1.54, 1.807) is 31.2 Å². The van der Waals surface area contributed by atoms with Crippen molar-refractivity contribution in [3.63, 3.8) is 0 Å². The van der Waals surface area contributed by atoms with Gasteiger partial charge in [-0.25, -0.2) is 8.78 Å². The van der Waals surface area contributed by atoms with E-state index in [4.69, 9.17) is 14.2 Å². The van der Waals surface area contributed by atoms with Gasteiger partial charge in [-0.1, -0.05) is 36.4 Å². The summed E-state index contributed by atoms with van der Waals surface area (Å²) in [6.45, 7) is 2.14. The van der Waals surface area contributed by atoms with E-state index in [0.717, 1.165) is 0 Å². The molecule has 0 unspecified atom stereocenters. The van der Waals surface area contributed by atoms with Crippen LogP contribution >= 0.6 is 0 Å². The Kier molecular flexibility index (Phi) is 6.95. The summed E-state index contributed by atoms with van der Waals surface area (Å²) in [6.07, 6.45) is 0. The molecule has 0 aliphatic carbocycles. The molecule has 0 saturated carbocycles. The Bertz CT molecular complexity index is 1020. The van der Waals surface area contributed by atoms with Crippen LogP contribution in [0, 0.1) is 23.3 Å². The third-order valence-electron chi connectivity index (χ3n) is 4.51. The van der Waals surface area contributed by atoms with E-state index in [0.29, 0.717) is 17.7 Å². The SMILES string of the molecule is CCOCc1ccc(-c2ccc(COc3ccc(OC)c(F)c3F)cc2)c(F)c1F. The van der Waals surface area contributed by atoms with Crippen LogP contribution in [0.2, 0.25) is 0 Å². The topological polar surface area (TPSA) is 27.7 Å². The Labute approximate surface area is 171 Å². The van der Waals surface area contributed by atoms with Crippen molar-refractivity contribution in [3.8, 4) is 22.6 Å². The van der Waals surface area contributed by atoms with Crippen LogP contribution in [-0.4, -0.2) is 13.7 Å². The molecule has 3 rings (SSSR count). The van der Waals surface area contributed by atoms with Gasteiger partial charge in [-0.3, -0.25) is 0 Å². The molecule has 0 saturated heterocycles. The lowest BCUT2D eigenvalue weighted by atomic mass is 10.0. The Morgan fingerprint density at radius 2 is 1.37 bits per heavy atom. The summed E-state index contributed by atoms with van der Waals surface area (Å²) < 4.78 is 71.6. The van der Waals surface area contributed by atoms with Crippen molar-refractivity contribution in [2.75, 3.05) is 13.7 Å². The number of halogens is 4. The zero-order valence-electron chi connectivity index (χ0n) is 16.5. The second-order valence-corrected chi connectivity index (χ2v) is 6.42. The number of rotatable bonds is 8. The molecule has 0 bridgehead atoms. The predicted octanol–water partition coefficient (Wildman–Crippen LogP) is 6.03. The van der Waals surface area contributed by atoms with Gasteiger partial charge in [0.05, 0.1) is 13.7 Å². The average molecular weight is 420 g/mol. The molecule has 0 amide bonds. The number of benzene rings is 3. The molecular formula is C23H20F4O3. The van der Waals surface area contributed by atoms with Gasteiger partial charge >= 0.3 is 0 Å². The summed E-state index contributed by atoms with van der Waals surface area (Å²) in [5, 5.41) is 0. The normalized spacial score (nSPS) is 10.9. The van der Waals surface area contributed by atoms with E-state index in [9.17, 15) is 17.6 Å². The van der Waals surface area contributed by atoms with Crippen LogP contribution in [0.3, 0.4) is 0 Å². The van der Waals surface area contributed by atoms with E-state index in [-0.39, 0.29) is 35.8 Å². The molecule has 7 heteroatoms. The lowest BCUT2D eigenvalue weighted by molar-refractivity contribution is 0.131. The van der Waals surface area contributed by atoms with Crippen LogP contribution in [0.15, 0.2) is 48.5 Å². The second-order valence-electron chi connectivity index (χ2n) is 6.42. The Balaban J connectivity index is 1.73. The number of methoxy groups -OCH3 is 1. The van der Waals surface area contributed by atoms with Gasteiger partial charge < -0.3 is 14.2 Å². The van der Waals surface area contributed by atoms with Crippen molar-refractivity contribution < 1.29 is 31.8 Å². The lowest BCUT2D eigenvalue weighted by Gasteiger charge is -2.11. The monoisotopic (exact) mass is 420 g/mol. The molecule has 3 aromatic rings. The van der Waals surface area contributed by atoms with Crippen molar-refractivity contribution in [1.29, 1.82) is 0 Å². The molecule has 0 heterocycles. The summed E-state index contributed by atoms with van der Waals surface area (Å²) in [5.74, 6) is -4.63. The molecule has 0 radical (unpaired) electrons. The first-order chi connectivity index (χ1) is 14.5. The van der Waals surface area contributed by atoms with Gasteiger partial charge in [0.1, 0.15) is 6.61 Å². The van der Waals surface area contributed by atoms with Gasteiger partial charge in [-0.2, -0.15) is 8.78 Å². The fourth-order valence-electron chi connectivity index (χ4n) is 2.86. The summed E-state index contributed by atoms with van der Waals surface area (Å²) in [4.78, 5) is 0. The molecular weight excluding hydrogens is 400 g/mol. The molecule has 0 aromatic heterocycles. The van der Waals surface area contributed by atoms with E-state index in [2.05, 4.69) is 0 Å². The maximum atomic E-state index is 14.4. The van der Waals surface area contributed by atoms with E-state index >= 15 is 0 Å². The van der Waals surface area contributed by atoms with Crippen LogP contribution < -0.4 is 9.47 Å². The first-order valence-corrected chi connectivity index (χ1v) is 9.25. The highest BCUT2D eigenvalue weighted by atomic mass is 19.2. The molecule has 3 aromatic carbocycles. The zero-order chi connectivity index (χ0) is 21.7. The summed E-state index contributed by atoms with van der Waals surface area (Å²) >= 11 is 0. The summed E-state index contributed by atoms with van der Waals surface area (Å²) in [6, 6.07) is 12.0. The number of hydrogen-bond donors (Lipinski definition) is 0. The minimum Gasteiger partial charge on any atom is -0.494 e. The standard InChI is InChI=1S/C23H20F4O3/c1-3-29-13-16-8-9-17(21(25)20(16)24)15-6-4-14(5-7-15)12-30-19-11-10-18(28-2)22(26)23(19)27/h4-11H,3,12-13H2,1-2H3. The second kappa shape index (κ2) is 9.63. The Morgan fingerprint density at radius 1 is 0.700 bits per heavy atom.